The van der Waals surface area contributed by atoms with E-state index in [2.05, 4.69) is 4.90 Å². The molecule has 80 valence electrons. The number of aliphatic carboxylic acids is 1. The SMILES string of the molecule is O=C(O)CC1CCN1CCC1COC1. The van der Waals surface area contributed by atoms with Crippen molar-refractivity contribution in [2.75, 3.05) is 26.3 Å². The van der Waals surface area contributed by atoms with Crippen LogP contribution in [0.25, 0.3) is 0 Å². The van der Waals surface area contributed by atoms with Crippen molar-refractivity contribution in [2.24, 2.45) is 5.92 Å². The minimum atomic E-state index is -0.674. The summed E-state index contributed by atoms with van der Waals surface area (Å²) in [5, 5.41) is 8.65. The topological polar surface area (TPSA) is 49.8 Å². The summed E-state index contributed by atoms with van der Waals surface area (Å²) in [4.78, 5) is 12.8. The normalized spacial score (nSPS) is 28.1. The Labute approximate surface area is 83.8 Å². The van der Waals surface area contributed by atoms with Gasteiger partial charge in [-0.3, -0.25) is 9.69 Å². The number of hydrogen-bond acceptors (Lipinski definition) is 3. The molecule has 2 aliphatic rings. The third kappa shape index (κ3) is 2.25. The van der Waals surface area contributed by atoms with Crippen molar-refractivity contribution >= 4 is 5.97 Å². The average Bonchev–Trinajstić information content (AvgIpc) is 2.03. The summed E-state index contributed by atoms with van der Waals surface area (Å²) in [6, 6.07) is 0.300. The highest BCUT2D eigenvalue weighted by molar-refractivity contribution is 5.67. The van der Waals surface area contributed by atoms with Crippen LogP contribution in [0.2, 0.25) is 0 Å². The zero-order chi connectivity index (χ0) is 9.97. The maximum Gasteiger partial charge on any atom is 0.304 e. The minimum Gasteiger partial charge on any atom is -0.481 e. The lowest BCUT2D eigenvalue weighted by Gasteiger charge is -2.41. The van der Waals surface area contributed by atoms with E-state index in [1.807, 2.05) is 0 Å². The molecule has 2 saturated heterocycles. The molecule has 0 saturated carbocycles. The molecule has 0 spiro atoms. The van der Waals surface area contributed by atoms with E-state index < -0.39 is 5.97 Å². The molecule has 2 aliphatic heterocycles. The van der Waals surface area contributed by atoms with Crippen molar-refractivity contribution in [3.05, 3.63) is 0 Å². The molecule has 2 heterocycles. The summed E-state index contributed by atoms with van der Waals surface area (Å²) in [5.74, 6) is 0.0488. The summed E-state index contributed by atoms with van der Waals surface area (Å²) in [7, 11) is 0. The van der Waals surface area contributed by atoms with Gasteiger partial charge in [0, 0.05) is 12.0 Å². The summed E-state index contributed by atoms with van der Waals surface area (Å²) in [5.41, 5.74) is 0. The van der Waals surface area contributed by atoms with Crippen molar-refractivity contribution in [1.82, 2.24) is 4.90 Å². The Morgan fingerprint density at radius 3 is 2.71 bits per heavy atom. The molecule has 0 aromatic rings. The van der Waals surface area contributed by atoms with Gasteiger partial charge in [-0.2, -0.15) is 0 Å². The standard InChI is InChI=1S/C10H17NO3/c12-10(13)5-9-2-4-11(9)3-1-8-6-14-7-8/h8-9H,1-7H2,(H,12,13). The van der Waals surface area contributed by atoms with Crippen LogP contribution in [-0.2, 0) is 9.53 Å². The molecule has 1 unspecified atom stereocenters. The lowest BCUT2D eigenvalue weighted by atomic mass is 9.97. The van der Waals surface area contributed by atoms with Crippen LogP contribution in [0.4, 0.5) is 0 Å². The van der Waals surface area contributed by atoms with Gasteiger partial charge in [0.15, 0.2) is 0 Å². The minimum absolute atomic E-state index is 0.300. The molecule has 0 aromatic carbocycles. The molecule has 2 fully saturated rings. The largest absolute Gasteiger partial charge is 0.481 e. The van der Waals surface area contributed by atoms with Gasteiger partial charge >= 0.3 is 5.97 Å². The number of carboxylic acid groups (broad SMARTS) is 1. The van der Waals surface area contributed by atoms with Crippen LogP contribution >= 0.6 is 0 Å². The van der Waals surface area contributed by atoms with Gasteiger partial charge < -0.3 is 9.84 Å². The highest BCUT2D eigenvalue weighted by Gasteiger charge is 2.30. The maximum absolute atomic E-state index is 10.5. The first-order chi connectivity index (χ1) is 6.75. The number of hydrogen-bond donors (Lipinski definition) is 1. The van der Waals surface area contributed by atoms with Gasteiger partial charge in [0.2, 0.25) is 0 Å². The van der Waals surface area contributed by atoms with Crippen molar-refractivity contribution in [1.29, 1.82) is 0 Å². The Kier molecular flexibility index (Phi) is 3.03. The number of carbonyl (C=O) groups is 1. The molecule has 2 rings (SSSR count). The summed E-state index contributed by atoms with van der Waals surface area (Å²) < 4.78 is 5.10. The summed E-state index contributed by atoms with van der Waals surface area (Å²) in [6.07, 6.45) is 2.52. The van der Waals surface area contributed by atoms with Crippen LogP contribution in [-0.4, -0.2) is 48.3 Å². The predicted molar refractivity (Wildman–Crippen MR) is 51.2 cm³/mol. The molecule has 0 aliphatic carbocycles. The highest BCUT2D eigenvalue weighted by Crippen LogP contribution is 2.23. The summed E-state index contributed by atoms with van der Waals surface area (Å²) in [6.45, 7) is 3.92. The highest BCUT2D eigenvalue weighted by atomic mass is 16.5. The lowest BCUT2D eigenvalue weighted by molar-refractivity contribution is -0.139. The van der Waals surface area contributed by atoms with Crippen LogP contribution in [0.15, 0.2) is 0 Å². The number of carboxylic acids is 1. The number of rotatable bonds is 5. The Hall–Kier alpha value is -0.610. The third-order valence-corrected chi connectivity index (χ3v) is 3.21. The van der Waals surface area contributed by atoms with Gasteiger partial charge in [-0.1, -0.05) is 0 Å². The molecule has 0 amide bonds. The fourth-order valence-electron chi connectivity index (χ4n) is 2.02. The van der Waals surface area contributed by atoms with Crippen LogP contribution in [0.3, 0.4) is 0 Å². The van der Waals surface area contributed by atoms with E-state index >= 15 is 0 Å². The van der Waals surface area contributed by atoms with Crippen molar-refractivity contribution in [3.8, 4) is 0 Å². The number of likely N-dealkylation sites (tertiary alicyclic amines) is 1. The van der Waals surface area contributed by atoms with Gasteiger partial charge in [-0.25, -0.2) is 0 Å². The van der Waals surface area contributed by atoms with E-state index in [4.69, 9.17) is 9.84 Å². The van der Waals surface area contributed by atoms with Crippen LogP contribution in [0.5, 0.6) is 0 Å². The Balaban J connectivity index is 1.62. The van der Waals surface area contributed by atoms with Gasteiger partial charge in [-0.05, 0) is 25.9 Å². The Morgan fingerprint density at radius 2 is 2.29 bits per heavy atom. The molecule has 14 heavy (non-hydrogen) atoms. The average molecular weight is 199 g/mol. The predicted octanol–water partition coefficient (Wildman–Crippen LogP) is 0.572. The van der Waals surface area contributed by atoms with Gasteiger partial charge in [0.1, 0.15) is 0 Å². The van der Waals surface area contributed by atoms with E-state index in [0.717, 1.165) is 45.1 Å². The fourth-order valence-corrected chi connectivity index (χ4v) is 2.02. The Bertz CT molecular complexity index is 215. The molecular weight excluding hydrogens is 182 g/mol. The van der Waals surface area contributed by atoms with Crippen molar-refractivity contribution < 1.29 is 14.6 Å². The van der Waals surface area contributed by atoms with Crippen molar-refractivity contribution in [3.63, 3.8) is 0 Å². The van der Waals surface area contributed by atoms with E-state index in [-0.39, 0.29) is 0 Å². The zero-order valence-corrected chi connectivity index (χ0v) is 8.32. The second-order valence-corrected chi connectivity index (χ2v) is 4.27. The molecular formula is C10H17NO3. The molecule has 4 heteroatoms. The molecule has 0 bridgehead atoms. The van der Waals surface area contributed by atoms with E-state index in [0.29, 0.717) is 12.5 Å². The van der Waals surface area contributed by atoms with E-state index in [1.165, 1.54) is 0 Å². The van der Waals surface area contributed by atoms with Gasteiger partial charge in [-0.15, -0.1) is 0 Å². The van der Waals surface area contributed by atoms with E-state index in [1.54, 1.807) is 0 Å². The molecule has 1 atom stereocenters. The first-order valence-corrected chi connectivity index (χ1v) is 5.29. The Morgan fingerprint density at radius 1 is 1.50 bits per heavy atom. The fraction of sp³-hybridized carbons (Fsp3) is 0.900. The zero-order valence-electron chi connectivity index (χ0n) is 8.32. The number of ether oxygens (including phenoxy) is 1. The first kappa shape index (κ1) is 9.93. The molecule has 4 nitrogen and oxygen atoms in total. The monoisotopic (exact) mass is 199 g/mol. The smallest absolute Gasteiger partial charge is 0.304 e. The maximum atomic E-state index is 10.5. The van der Waals surface area contributed by atoms with Crippen LogP contribution in [0.1, 0.15) is 19.3 Å². The number of nitrogens with zero attached hydrogens (tertiary/aromatic N) is 1. The van der Waals surface area contributed by atoms with Crippen molar-refractivity contribution in [2.45, 2.75) is 25.3 Å². The summed E-state index contributed by atoms with van der Waals surface area (Å²) >= 11 is 0. The van der Waals surface area contributed by atoms with Crippen LogP contribution in [0, 0.1) is 5.92 Å². The second-order valence-electron chi connectivity index (χ2n) is 4.27. The van der Waals surface area contributed by atoms with E-state index in [9.17, 15) is 4.79 Å². The first-order valence-electron chi connectivity index (χ1n) is 5.29. The lowest BCUT2D eigenvalue weighted by Crippen LogP contribution is -2.49. The molecule has 0 aromatic heterocycles. The molecule has 1 N–H and O–H groups in total. The molecule has 0 radical (unpaired) electrons. The third-order valence-electron chi connectivity index (χ3n) is 3.21. The van der Waals surface area contributed by atoms with Gasteiger partial charge in [0.25, 0.3) is 0 Å². The van der Waals surface area contributed by atoms with Crippen LogP contribution < -0.4 is 0 Å². The quantitative estimate of drug-likeness (QED) is 0.703. The van der Waals surface area contributed by atoms with Gasteiger partial charge in [0.05, 0.1) is 19.6 Å². The second kappa shape index (κ2) is 4.28.